The van der Waals surface area contributed by atoms with E-state index in [-0.39, 0.29) is 16.9 Å². The van der Waals surface area contributed by atoms with Crippen molar-refractivity contribution in [1.29, 1.82) is 0 Å². The second-order valence-electron chi connectivity index (χ2n) is 9.47. The van der Waals surface area contributed by atoms with Crippen molar-refractivity contribution < 1.29 is 27.1 Å². The molecule has 9 nitrogen and oxygen atoms in total. The first-order valence-electron chi connectivity index (χ1n) is 12.8. The van der Waals surface area contributed by atoms with Gasteiger partial charge in [0.1, 0.15) is 11.8 Å². The van der Waals surface area contributed by atoms with Gasteiger partial charge in [0.05, 0.1) is 11.5 Å². The van der Waals surface area contributed by atoms with Crippen LogP contribution in [0.1, 0.15) is 11.1 Å². The number of carbonyl (C=O) groups is 2. The number of pyridine rings is 1. The van der Waals surface area contributed by atoms with E-state index in [1.807, 2.05) is 41.1 Å². The van der Waals surface area contributed by atoms with Crippen LogP contribution in [0.5, 0.6) is 5.75 Å². The zero-order chi connectivity index (χ0) is 29.0. The van der Waals surface area contributed by atoms with Crippen LogP contribution < -0.4 is 19.7 Å². The molecule has 0 radical (unpaired) electrons. The van der Waals surface area contributed by atoms with Crippen LogP contribution in [0.4, 0.5) is 14.9 Å². The van der Waals surface area contributed by atoms with E-state index in [9.17, 15) is 22.4 Å². The van der Waals surface area contributed by atoms with E-state index in [1.165, 1.54) is 35.4 Å². The molecule has 1 aliphatic heterocycles. The van der Waals surface area contributed by atoms with Gasteiger partial charge in [-0.05, 0) is 47.5 Å². The van der Waals surface area contributed by atoms with E-state index in [2.05, 4.69) is 10.3 Å². The number of amides is 3. The summed E-state index contributed by atoms with van der Waals surface area (Å²) in [6.07, 6.45) is 2.06. The van der Waals surface area contributed by atoms with Gasteiger partial charge in [-0.15, -0.1) is 0 Å². The number of hydrogen-bond acceptors (Lipinski definition) is 6. The molecule has 0 fully saturated rings. The Labute approximate surface area is 237 Å². The van der Waals surface area contributed by atoms with Gasteiger partial charge in [-0.1, -0.05) is 48.5 Å². The van der Waals surface area contributed by atoms with E-state index in [4.69, 9.17) is 4.74 Å². The topological polar surface area (TPSA) is 118 Å². The molecule has 0 aliphatic carbocycles. The molecule has 4 aromatic rings. The van der Waals surface area contributed by atoms with Crippen LogP contribution in [0.15, 0.2) is 96.0 Å². The largest absolute Gasteiger partial charge is 0.493 e. The Morgan fingerprint density at radius 3 is 2.54 bits per heavy atom. The average molecular weight is 575 g/mol. The van der Waals surface area contributed by atoms with Crippen LogP contribution in [0.3, 0.4) is 0 Å². The SMILES string of the molecule is CN(C(=O)[C@H](Cc1ccccc1)NC(=O)NS(=O)(=O)c1ccccc1-c1ccc(F)nc1)c1ccc2c(c1)CCO2. The van der Waals surface area contributed by atoms with Gasteiger partial charge < -0.3 is 15.0 Å². The predicted octanol–water partition coefficient (Wildman–Crippen LogP) is 4.08. The Kier molecular flexibility index (Phi) is 7.97. The molecule has 3 amide bonds. The highest BCUT2D eigenvalue weighted by Crippen LogP contribution is 2.30. The van der Waals surface area contributed by atoms with Crippen LogP contribution in [-0.4, -0.2) is 45.0 Å². The number of halogens is 1. The Balaban J connectivity index is 1.38. The highest BCUT2D eigenvalue weighted by atomic mass is 32.2. The highest BCUT2D eigenvalue weighted by molar-refractivity contribution is 7.90. The van der Waals surface area contributed by atoms with E-state index in [1.54, 1.807) is 25.2 Å². The minimum Gasteiger partial charge on any atom is -0.493 e. The minimum atomic E-state index is -4.39. The Morgan fingerprint density at radius 2 is 1.78 bits per heavy atom. The third-order valence-corrected chi connectivity index (χ3v) is 8.11. The van der Waals surface area contributed by atoms with Gasteiger partial charge in [0.2, 0.25) is 11.9 Å². The van der Waals surface area contributed by atoms with Crippen molar-refractivity contribution in [3.63, 3.8) is 0 Å². The quantitative estimate of drug-likeness (QED) is 0.306. The fourth-order valence-electron chi connectivity index (χ4n) is 4.63. The van der Waals surface area contributed by atoms with Gasteiger partial charge in [-0.3, -0.25) is 4.79 Å². The smallest absolute Gasteiger partial charge is 0.329 e. The number of rotatable bonds is 8. The number of fused-ring (bicyclic) bond motifs is 1. The van der Waals surface area contributed by atoms with Gasteiger partial charge in [0, 0.05) is 42.9 Å². The lowest BCUT2D eigenvalue weighted by Gasteiger charge is -2.25. The summed E-state index contributed by atoms with van der Waals surface area (Å²) in [6.45, 7) is 0.573. The normalized spacial score (nSPS) is 13.0. The molecule has 41 heavy (non-hydrogen) atoms. The number of nitrogens with zero attached hydrogens (tertiary/aromatic N) is 2. The second-order valence-corrected chi connectivity index (χ2v) is 11.1. The number of carbonyl (C=O) groups excluding carboxylic acids is 2. The van der Waals surface area contributed by atoms with Crippen molar-refractivity contribution >= 4 is 27.6 Å². The Hall–Kier alpha value is -4.77. The first-order chi connectivity index (χ1) is 19.7. The van der Waals surface area contributed by atoms with Crippen LogP contribution in [0.2, 0.25) is 0 Å². The lowest BCUT2D eigenvalue weighted by molar-refractivity contribution is -0.120. The summed E-state index contributed by atoms with van der Waals surface area (Å²) < 4.78 is 47.5. The van der Waals surface area contributed by atoms with Crippen molar-refractivity contribution in [3.05, 3.63) is 108 Å². The summed E-state index contributed by atoms with van der Waals surface area (Å²) in [7, 11) is -2.80. The zero-order valence-electron chi connectivity index (χ0n) is 22.1. The minimum absolute atomic E-state index is 0.128. The number of anilines is 1. The molecule has 1 aromatic heterocycles. The van der Waals surface area contributed by atoms with E-state index < -0.39 is 34.0 Å². The molecule has 0 saturated carbocycles. The molecule has 2 N–H and O–H groups in total. The standard InChI is InChI=1S/C30H27FN4O5S/c1-35(23-12-13-26-21(18-23)15-16-40-26)29(36)25(17-20-7-3-2-4-8-20)33-30(37)34-41(38,39)27-10-6-5-9-24(27)22-11-14-28(31)32-19-22/h2-14,18-19,25H,15-17H2,1H3,(H2,33,34,37)/t25-/m0/s1. The lowest BCUT2D eigenvalue weighted by atomic mass is 10.0. The molecule has 0 unspecified atom stereocenters. The number of aromatic nitrogens is 1. The monoisotopic (exact) mass is 574 g/mol. The number of hydrogen-bond donors (Lipinski definition) is 2. The first kappa shape index (κ1) is 27.8. The lowest BCUT2D eigenvalue weighted by Crippen LogP contribution is -2.52. The average Bonchev–Trinajstić information content (AvgIpc) is 3.45. The van der Waals surface area contributed by atoms with Gasteiger partial charge in [-0.25, -0.2) is 22.9 Å². The summed E-state index contributed by atoms with van der Waals surface area (Å²) in [5, 5.41) is 2.55. The number of ether oxygens (including phenoxy) is 1. The number of likely N-dealkylation sites (N-methyl/N-ethyl adjacent to an activating group) is 1. The summed E-state index contributed by atoms with van der Waals surface area (Å²) in [6, 6.07) is 20.8. The molecule has 2 heterocycles. The van der Waals surface area contributed by atoms with Crippen LogP contribution in [0.25, 0.3) is 11.1 Å². The van der Waals surface area contributed by atoms with E-state index in [0.29, 0.717) is 17.9 Å². The number of nitrogens with one attached hydrogen (secondary N) is 2. The predicted molar refractivity (Wildman–Crippen MR) is 151 cm³/mol. The van der Waals surface area contributed by atoms with Crippen LogP contribution in [-0.2, 0) is 27.7 Å². The molecule has 0 bridgehead atoms. The van der Waals surface area contributed by atoms with Gasteiger partial charge in [0.15, 0.2) is 0 Å². The molecule has 11 heteroatoms. The molecular weight excluding hydrogens is 547 g/mol. The molecule has 1 aliphatic rings. The number of sulfonamides is 1. The third kappa shape index (κ3) is 6.36. The van der Waals surface area contributed by atoms with E-state index in [0.717, 1.165) is 29.4 Å². The molecular formula is C30H27FN4O5S. The maximum absolute atomic E-state index is 13.7. The summed E-state index contributed by atoms with van der Waals surface area (Å²) in [5.41, 5.74) is 2.96. The van der Waals surface area contributed by atoms with Gasteiger partial charge in [-0.2, -0.15) is 4.39 Å². The van der Waals surface area contributed by atoms with Gasteiger partial charge in [0.25, 0.3) is 10.0 Å². The summed E-state index contributed by atoms with van der Waals surface area (Å²) in [4.78, 5) is 31.6. The molecule has 3 aromatic carbocycles. The Bertz CT molecular complexity index is 1680. The molecule has 210 valence electrons. The maximum atomic E-state index is 13.7. The summed E-state index contributed by atoms with van der Waals surface area (Å²) >= 11 is 0. The highest BCUT2D eigenvalue weighted by Gasteiger charge is 2.29. The van der Waals surface area contributed by atoms with E-state index >= 15 is 0 Å². The molecule has 0 saturated heterocycles. The fraction of sp³-hybridized carbons (Fsp3) is 0.167. The molecule has 0 spiro atoms. The van der Waals surface area contributed by atoms with Crippen molar-refractivity contribution in [2.45, 2.75) is 23.8 Å². The Morgan fingerprint density at radius 1 is 1.02 bits per heavy atom. The van der Waals surface area contributed by atoms with Crippen molar-refractivity contribution in [2.24, 2.45) is 0 Å². The molecule has 5 rings (SSSR count). The number of benzene rings is 3. The van der Waals surface area contributed by atoms with Gasteiger partial charge >= 0.3 is 6.03 Å². The number of urea groups is 1. The first-order valence-corrected chi connectivity index (χ1v) is 14.3. The van der Waals surface area contributed by atoms with Crippen molar-refractivity contribution in [2.75, 3.05) is 18.6 Å². The van der Waals surface area contributed by atoms with Crippen molar-refractivity contribution in [1.82, 2.24) is 15.0 Å². The fourth-order valence-corrected chi connectivity index (χ4v) is 5.78. The van der Waals surface area contributed by atoms with Crippen molar-refractivity contribution in [3.8, 4) is 16.9 Å². The second kappa shape index (κ2) is 11.8. The maximum Gasteiger partial charge on any atom is 0.329 e. The van der Waals surface area contributed by atoms with Crippen LogP contribution in [0, 0.1) is 5.95 Å². The van der Waals surface area contributed by atoms with Crippen LogP contribution >= 0.6 is 0 Å². The molecule has 1 atom stereocenters. The third-order valence-electron chi connectivity index (χ3n) is 6.72. The summed E-state index contributed by atoms with van der Waals surface area (Å²) in [5.74, 6) is -0.369. The zero-order valence-corrected chi connectivity index (χ0v) is 22.9.